The minimum Gasteiger partial charge on any atom is -0.469 e. The summed E-state index contributed by atoms with van der Waals surface area (Å²) in [5, 5.41) is 3.96. The Balaban J connectivity index is 1.67. The van der Waals surface area contributed by atoms with E-state index in [0.717, 1.165) is 6.42 Å². The maximum absolute atomic E-state index is 12.9. The number of nitrogens with zero attached hydrogens (tertiary/aromatic N) is 1. The number of nitrogens with one attached hydrogen (secondary N) is 1. The number of hydrogen-bond donors (Lipinski definition) is 1. The van der Waals surface area contributed by atoms with Crippen molar-refractivity contribution in [3.63, 3.8) is 0 Å². The van der Waals surface area contributed by atoms with Crippen molar-refractivity contribution in [3.8, 4) is 0 Å². The predicted octanol–water partition coefficient (Wildman–Crippen LogP) is 2.79. The second-order valence-corrected chi connectivity index (χ2v) is 9.04. The molecule has 5 aliphatic rings. The van der Waals surface area contributed by atoms with Crippen molar-refractivity contribution in [1.29, 1.82) is 0 Å². The summed E-state index contributed by atoms with van der Waals surface area (Å²) in [4.78, 5) is 15.7. The van der Waals surface area contributed by atoms with Crippen LogP contribution < -0.4 is 5.32 Å². The van der Waals surface area contributed by atoms with Gasteiger partial charge in [0.2, 0.25) is 0 Å². The summed E-state index contributed by atoms with van der Waals surface area (Å²) in [7, 11) is 1.56. The van der Waals surface area contributed by atoms with Gasteiger partial charge in [-0.1, -0.05) is 25.1 Å². The minimum absolute atomic E-state index is 0.00844. The van der Waals surface area contributed by atoms with Gasteiger partial charge < -0.3 is 10.1 Å². The molecule has 1 N–H and O–H groups in total. The van der Waals surface area contributed by atoms with Gasteiger partial charge in [0, 0.05) is 17.1 Å². The Morgan fingerprint density at radius 1 is 1.28 bits per heavy atom. The van der Waals surface area contributed by atoms with Crippen LogP contribution in [0.15, 0.2) is 24.3 Å². The zero-order chi connectivity index (χ0) is 17.0. The average molecular weight is 338 g/mol. The smallest absolute Gasteiger partial charge is 0.311 e. The number of fused-ring (bicyclic) bond motifs is 1. The van der Waals surface area contributed by atoms with Crippen LogP contribution in [0.3, 0.4) is 0 Å². The maximum Gasteiger partial charge on any atom is 0.311 e. The van der Waals surface area contributed by atoms with Gasteiger partial charge in [-0.15, -0.1) is 0 Å². The Hall–Kier alpha value is -1.55. The Labute approximate surface area is 148 Å². The molecule has 6 atom stereocenters. The number of carbonyl (C=O) groups excluding carboxylic acids is 1. The Morgan fingerprint density at radius 2 is 2.12 bits per heavy atom. The van der Waals surface area contributed by atoms with Crippen LogP contribution >= 0.6 is 0 Å². The summed E-state index contributed by atoms with van der Waals surface area (Å²) in [5.74, 6) is 0.449. The van der Waals surface area contributed by atoms with Gasteiger partial charge in [0.05, 0.1) is 18.6 Å². The van der Waals surface area contributed by atoms with E-state index in [1.807, 2.05) is 0 Å². The third-order valence-electron chi connectivity index (χ3n) is 8.91. The van der Waals surface area contributed by atoms with E-state index >= 15 is 0 Å². The number of hydrogen-bond acceptors (Lipinski definition) is 4. The van der Waals surface area contributed by atoms with E-state index < -0.39 is 0 Å². The second-order valence-electron chi connectivity index (χ2n) is 9.04. The molecule has 1 aromatic rings. The highest BCUT2D eigenvalue weighted by Crippen LogP contribution is 2.79. The van der Waals surface area contributed by atoms with Gasteiger partial charge in [-0.05, 0) is 61.7 Å². The van der Waals surface area contributed by atoms with E-state index in [1.165, 1.54) is 43.6 Å². The maximum atomic E-state index is 12.9. The van der Waals surface area contributed by atoms with Gasteiger partial charge in [0.1, 0.15) is 0 Å². The van der Waals surface area contributed by atoms with E-state index in [4.69, 9.17) is 4.74 Å². The number of rotatable bonds is 1. The van der Waals surface area contributed by atoms with Gasteiger partial charge in [-0.2, -0.15) is 0 Å². The normalized spacial score (nSPS) is 48.6. The van der Waals surface area contributed by atoms with Crippen LogP contribution in [0.4, 0.5) is 5.69 Å². The fourth-order valence-corrected chi connectivity index (χ4v) is 8.44. The molecule has 3 spiro atoms. The lowest BCUT2D eigenvalue weighted by molar-refractivity contribution is -0.150. The number of carbonyl (C=O) groups is 1. The van der Waals surface area contributed by atoms with E-state index in [-0.39, 0.29) is 28.3 Å². The monoisotopic (exact) mass is 338 g/mol. The molecule has 6 rings (SSSR count). The standard InChI is InChI=1S/C21H26N2O2/c1-13-19-8-5-10-23-11-9-20(18(19)23)14-6-3-4-7-16(14)22-21(13,20)15(12-19)17(24)25-2/h3-4,6-7,13,15,18,22H,5,8-12H2,1-2H3/t13-,15+,18+,19-,20-,21-/m1/s1. The molecule has 2 bridgehead atoms. The van der Waals surface area contributed by atoms with Gasteiger partial charge in [0.25, 0.3) is 0 Å². The molecule has 4 nitrogen and oxygen atoms in total. The first-order chi connectivity index (χ1) is 12.1. The fraction of sp³-hybridized carbons (Fsp3) is 0.667. The molecular weight excluding hydrogens is 312 g/mol. The summed E-state index contributed by atoms with van der Waals surface area (Å²) < 4.78 is 5.32. The number of para-hydroxylation sites is 1. The summed E-state index contributed by atoms with van der Waals surface area (Å²) >= 11 is 0. The predicted molar refractivity (Wildman–Crippen MR) is 95.4 cm³/mol. The molecule has 0 aromatic heterocycles. The summed E-state index contributed by atoms with van der Waals surface area (Å²) in [6.45, 7) is 4.82. The van der Waals surface area contributed by atoms with Gasteiger partial charge in [0.15, 0.2) is 0 Å². The molecule has 132 valence electrons. The molecule has 0 amide bonds. The van der Waals surface area contributed by atoms with Crippen LogP contribution in [0, 0.1) is 17.3 Å². The van der Waals surface area contributed by atoms with Crippen LogP contribution in [0.25, 0.3) is 0 Å². The van der Waals surface area contributed by atoms with E-state index in [0.29, 0.717) is 12.0 Å². The summed E-state index contributed by atoms with van der Waals surface area (Å²) in [6, 6.07) is 9.42. The van der Waals surface area contributed by atoms with Crippen molar-refractivity contribution in [2.45, 2.75) is 49.6 Å². The highest BCUT2D eigenvalue weighted by atomic mass is 16.5. The lowest BCUT2D eigenvalue weighted by Gasteiger charge is -2.52. The number of ether oxygens (including phenoxy) is 1. The van der Waals surface area contributed by atoms with E-state index in [9.17, 15) is 4.79 Å². The molecule has 4 heteroatoms. The molecule has 2 saturated carbocycles. The molecule has 1 aromatic carbocycles. The summed E-state index contributed by atoms with van der Waals surface area (Å²) in [5.41, 5.74) is 2.88. The van der Waals surface area contributed by atoms with Crippen LogP contribution in [-0.4, -0.2) is 42.6 Å². The molecule has 3 heterocycles. The van der Waals surface area contributed by atoms with Crippen molar-refractivity contribution >= 4 is 11.7 Å². The SMILES string of the molecule is COC(=O)[C@@H]1C[C@]23CCCN4CC[C@@]5(c6ccccc6N[C@]15[C@@H]2C)[C@@H]43. The zero-order valence-corrected chi connectivity index (χ0v) is 15.0. The molecule has 0 unspecified atom stereocenters. The third-order valence-corrected chi connectivity index (χ3v) is 8.91. The highest BCUT2D eigenvalue weighted by Gasteiger charge is 2.86. The summed E-state index contributed by atoms with van der Waals surface area (Å²) in [6.07, 6.45) is 4.69. The van der Waals surface area contributed by atoms with E-state index in [2.05, 4.69) is 41.4 Å². The Morgan fingerprint density at radius 3 is 2.96 bits per heavy atom. The van der Waals surface area contributed by atoms with Crippen LogP contribution in [0.5, 0.6) is 0 Å². The molecule has 25 heavy (non-hydrogen) atoms. The Kier molecular flexibility index (Phi) is 2.47. The second kappa shape index (κ2) is 4.22. The first kappa shape index (κ1) is 14.6. The first-order valence-corrected chi connectivity index (χ1v) is 9.81. The third kappa shape index (κ3) is 1.23. The van der Waals surface area contributed by atoms with Crippen molar-refractivity contribution in [2.75, 3.05) is 25.5 Å². The van der Waals surface area contributed by atoms with Crippen molar-refractivity contribution in [3.05, 3.63) is 29.8 Å². The van der Waals surface area contributed by atoms with Crippen LogP contribution in [-0.2, 0) is 14.9 Å². The van der Waals surface area contributed by atoms with Crippen molar-refractivity contribution in [1.82, 2.24) is 4.90 Å². The molecular formula is C21H26N2O2. The number of piperidine rings is 1. The number of benzene rings is 1. The topological polar surface area (TPSA) is 41.6 Å². The van der Waals surface area contributed by atoms with Crippen LogP contribution in [0.2, 0.25) is 0 Å². The Bertz CT molecular complexity index is 794. The fourth-order valence-electron chi connectivity index (χ4n) is 8.44. The molecule has 4 fully saturated rings. The van der Waals surface area contributed by atoms with Crippen molar-refractivity contribution in [2.24, 2.45) is 17.3 Å². The molecule has 0 radical (unpaired) electrons. The minimum atomic E-state index is -0.173. The van der Waals surface area contributed by atoms with Gasteiger partial charge >= 0.3 is 5.97 Å². The van der Waals surface area contributed by atoms with Crippen molar-refractivity contribution < 1.29 is 9.53 Å². The lowest BCUT2D eigenvalue weighted by Crippen LogP contribution is -2.63. The number of anilines is 1. The number of methoxy groups -OCH3 is 1. The zero-order valence-electron chi connectivity index (χ0n) is 15.0. The quantitative estimate of drug-likeness (QED) is 0.800. The largest absolute Gasteiger partial charge is 0.469 e. The van der Waals surface area contributed by atoms with Gasteiger partial charge in [-0.25, -0.2) is 0 Å². The highest BCUT2D eigenvalue weighted by molar-refractivity contribution is 5.82. The number of esters is 1. The lowest BCUT2D eigenvalue weighted by atomic mass is 9.56. The van der Waals surface area contributed by atoms with Gasteiger partial charge in [-0.3, -0.25) is 9.69 Å². The van der Waals surface area contributed by atoms with E-state index in [1.54, 1.807) is 7.11 Å². The molecule has 3 aliphatic heterocycles. The molecule has 2 saturated heterocycles. The van der Waals surface area contributed by atoms with Crippen LogP contribution in [0.1, 0.15) is 38.2 Å². The molecule has 2 aliphatic carbocycles. The first-order valence-electron chi connectivity index (χ1n) is 9.81. The average Bonchev–Trinajstić information content (AvgIpc) is 3.29.